The minimum Gasteiger partial charge on any atom is -0.333 e. The van der Waals surface area contributed by atoms with Crippen molar-refractivity contribution in [3.05, 3.63) is 48.3 Å². The zero-order valence-electron chi connectivity index (χ0n) is 10.0. The van der Waals surface area contributed by atoms with E-state index in [0.717, 1.165) is 5.69 Å². The zero-order chi connectivity index (χ0) is 13.2. The first kappa shape index (κ1) is 11.5. The number of halogens is 1. The Bertz CT molecular complexity index is 666. The standard InChI is InChI=1S/C13H9FN4O/c1-8-10(6-15-7-16-8)13-17-12(18-19-13)9-4-2-3-5-11(9)14/h2-7H,1H3. The molecule has 0 atom stereocenters. The molecule has 19 heavy (non-hydrogen) atoms. The summed E-state index contributed by atoms with van der Waals surface area (Å²) >= 11 is 0. The lowest BCUT2D eigenvalue weighted by molar-refractivity contribution is 0.431. The van der Waals surface area contributed by atoms with Crippen molar-refractivity contribution in [2.45, 2.75) is 6.92 Å². The highest BCUT2D eigenvalue weighted by Crippen LogP contribution is 2.24. The summed E-state index contributed by atoms with van der Waals surface area (Å²) in [5.74, 6) is 0.0867. The van der Waals surface area contributed by atoms with E-state index < -0.39 is 5.82 Å². The maximum Gasteiger partial charge on any atom is 0.261 e. The molecule has 0 radical (unpaired) electrons. The molecule has 0 N–H and O–H groups in total. The second-order valence-corrected chi connectivity index (χ2v) is 3.92. The minimum absolute atomic E-state index is 0.205. The van der Waals surface area contributed by atoms with Crippen LogP contribution >= 0.6 is 0 Å². The van der Waals surface area contributed by atoms with Gasteiger partial charge in [-0.2, -0.15) is 4.98 Å². The fourth-order valence-corrected chi connectivity index (χ4v) is 1.69. The number of benzene rings is 1. The van der Waals surface area contributed by atoms with Crippen molar-refractivity contribution in [1.82, 2.24) is 20.1 Å². The number of hydrogen-bond donors (Lipinski definition) is 0. The molecule has 0 spiro atoms. The van der Waals surface area contributed by atoms with Crippen LogP contribution in [0.15, 0.2) is 41.3 Å². The molecule has 3 rings (SSSR count). The number of aromatic nitrogens is 4. The quantitative estimate of drug-likeness (QED) is 0.705. The van der Waals surface area contributed by atoms with Crippen LogP contribution in [-0.2, 0) is 0 Å². The van der Waals surface area contributed by atoms with Crippen LogP contribution in [0.5, 0.6) is 0 Å². The summed E-state index contributed by atoms with van der Waals surface area (Å²) in [4.78, 5) is 12.1. The minimum atomic E-state index is -0.393. The molecule has 0 aliphatic heterocycles. The third-order valence-corrected chi connectivity index (χ3v) is 2.68. The van der Waals surface area contributed by atoms with Crippen LogP contribution in [0.1, 0.15) is 5.69 Å². The lowest BCUT2D eigenvalue weighted by Crippen LogP contribution is -1.89. The van der Waals surface area contributed by atoms with Gasteiger partial charge in [0.2, 0.25) is 5.82 Å². The highest BCUT2D eigenvalue weighted by atomic mass is 19.1. The Labute approximate surface area is 108 Å². The molecule has 1 aromatic carbocycles. The molecule has 0 aliphatic rings. The van der Waals surface area contributed by atoms with Crippen LogP contribution in [0.2, 0.25) is 0 Å². The molecule has 2 aromatic heterocycles. The summed E-state index contributed by atoms with van der Waals surface area (Å²) in [6.45, 7) is 1.81. The van der Waals surface area contributed by atoms with Gasteiger partial charge in [-0.3, -0.25) is 0 Å². The molecular formula is C13H9FN4O. The SMILES string of the molecule is Cc1ncncc1-c1nc(-c2ccccc2F)no1. The summed E-state index contributed by atoms with van der Waals surface area (Å²) in [6.07, 6.45) is 3.02. The zero-order valence-corrected chi connectivity index (χ0v) is 10.0. The van der Waals surface area contributed by atoms with Gasteiger partial charge in [-0.25, -0.2) is 14.4 Å². The maximum atomic E-state index is 13.6. The summed E-state index contributed by atoms with van der Waals surface area (Å²) in [5, 5.41) is 3.78. The Hall–Kier alpha value is -2.63. The van der Waals surface area contributed by atoms with E-state index >= 15 is 0 Å². The first-order chi connectivity index (χ1) is 9.25. The average molecular weight is 256 g/mol. The molecule has 3 aromatic rings. The van der Waals surface area contributed by atoms with Gasteiger partial charge in [0.05, 0.1) is 16.8 Å². The van der Waals surface area contributed by atoms with E-state index in [1.165, 1.54) is 12.4 Å². The molecule has 5 nitrogen and oxygen atoms in total. The summed E-state index contributed by atoms with van der Waals surface area (Å²) < 4.78 is 18.8. The van der Waals surface area contributed by atoms with Crippen LogP contribution < -0.4 is 0 Å². The monoisotopic (exact) mass is 256 g/mol. The van der Waals surface area contributed by atoms with Gasteiger partial charge in [-0.05, 0) is 19.1 Å². The first-order valence-corrected chi connectivity index (χ1v) is 5.61. The molecule has 2 heterocycles. The van der Waals surface area contributed by atoms with Crippen LogP contribution in [0.3, 0.4) is 0 Å². The number of aryl methyl sites for hydroxylation is 1. The molecule has 0 bridgehead atoms. The van der Waals surface area contributed by atoms with Crippen molar-refractivity contribution >= 4 is 0 Å². The lowest BCUT2D eigenvalue weighted by atomic mass is 10.2. The molecule has 0 aliphatic carbocycles. The van der Waals surface area contributed by atoms with Crippen molar-refractivity contribution < 1.29 is 8.91 Å². The molecular weight excluding hydrogens is 247 g/mol. The predicted octanol–water partition coefficient (Wildman–Crippen LogP) is 2.64. The van der Waals surface area contributed by atoms with Crippen LogP contribution in [0, 0.1) is 12.7 Å². The number of nitrogens with zero attached hydrogens (tertiary/aromatic N) is 4. The van der Waals surface area contributed by atoms with Crippen molar-refractivity contribution in [3.63, 3.8) is 0 Å². The molecule has 0 amide bonds. The second kappa shape index (κ2) is 4.56. The second-order valence-electron chi connectivity index (χ2n) is 3.92. The fourth-order valence-electron chi connectivity index (χ4n) is 1.69. The first-order valence-electron chi connectivity index (χ1n) is 5.61. The van der Waals surface area contributed by atoms with E-state index in [2.05, 4.69) is 20.1 Å². The van der Waals surface area contributed by atoms with Crippen LogP contribution in [-0.4, -0.2) is 20.1 Å². The average Bonchev–Trinajstić information content (AvgIpc) is 2.89. The van der Waals surface area contributed by atoms with Gasteiger partial charge in [0.1, 0.15) is 12.1 Å². The Morgan fingerprint density at radius 1 is 1.16 bits per heavy atom. The maximum absolute atomic E-state index is 13.6. The number of rotatable bonds is 2. The Kier molecular flexibility index (Phi) is 2.75. The van der Waals surface area contributed by atoms with Gasteiger partial charge in [-0.1, -0.05) is 17.3 Å². The Morgan fingerprint density at radius 3 is 2.79 bits per heavy atom. The molecule has 0 saturated carbocycles. The van der Waals surface area contributed by atoms with Crippen LogP contribution in [0.25, 0.3) is 22.8 Å². The van der Waals surface area contributed by atoms with Gasteiger partial charge in [0.25, 0.3) is 5.89 Å². The molecule has 94 valence electrons. The van der Waals surface area contributed by atoms with Gasteiger partial charge in [0.15, 0.2) is 0 Å². The third-order valence-electron chi connectivity index (χ3n) is 2.68. The molecule has 0 fully saturated rings. The fraction of sp³-hybridized carbons (Fsp3) is 0.0769. The molecule has 0 unspecified atom stereocenters. The van der Waals surface area contributed by atoms with Crippen molar-refractivity contribution in [1.29, 1.82) is 0 Å². The van der Waals surface area contributed by atoms with Gasteiger partial charge in [-0.15, -0.1) is 0 Å². The van der Waals surface area contributed by atoms with Gasteiger partial charge < -0.3 is 4.52 Å². The summed E-state index contributed by atoms with van der Waals surface area (Å²) in [7, 11) is 0. The van der Waals surface area contributed by atoms with E-state index in [1.54, 1.807) is 24.4 Å². The molecule has 0 saturated heterocycles. The Morgan fingerprint density at radius 2 is 2.00 bits per heavy atom. The highest BCUT2D eigenvalue weighted by molar-refractivity contribution is 5.60. The predicted molar refractivity (Wildman–Crippen MR) is 65.5 cm³/mol. The van der Waals surface area contributed by atoms with Crippen molar-refractivity contribution in [3.8, 4) is 22.8 Å². The van der Waals surface area contributed by atoms with Crippen molar-refractivity contribution in [2.24, 2.45) is 0 Å². The normalized spacial score (nSPS) is 10.6. The van der Waals surface area contributed by atoms with E-state index in [4.69, 9.17) is 4.52 Å². The summed E-state index contributed by atoms with van der Waals surface area (Å²) in [6, 6.07) is 6.26. The van der Waals surface area contributed by atoms with E-state index in [9.17, 15) is 4.39 Å². The number of hydrogen-bond acceptors (Lipinski definition) is 5. The van der Waals surface area contributed by atoms with Gasteiger partial charge in [0, 0.05) is 6.20 Å². The Balaban J connectivity index is 2.06. The van der Waals surface area contributed by atoms with Crippen LogP contribution in [0.4, 0.5) is 4.39 Å². The largest absolute Gasteiger partial charge is 0.333 e. The smallest absolute Gasteiger partial charge is 0.261 e. The molecule has 6 heteroatoms. The highest BCUT2D eigenvalue weighted by Gasteiger charge is 2.15. The van der Waals surface area contributed by atoms with E-state index in [0.29, 0.717) is 11.1 Å². The lowest BCUT2D eigenvalue weighted by Gasteiger charge is -1.96. The van der Waals surface area contributed by atoms with E-state index in [1.807, 2.05) is 6.92 Å². The topological polar surface area (TPSA) is 64.7 Å². The van der Waals surface area contributed by atoms with E-state index in [-0.39, 0.29) is 11.7 Å². The van der Waals surface area contributed by atoms with Crippen molar-refractivity contribution in [2.75, 3.05) is 0 Å². The summed E-state index contributed by atoms with van der Waals surface area (Å²) in [5.41, 5.74) is 1.66. The van der Waals surface area contributed by atoms with Gasteiger partial charge >= 0.3 is 0 Å². The third kappa shape index (κ3) is 2.08.